The maximum atomic E-state index is 13.5. The summed E-state index contributed by atoms with van der Waals surface area (Å²) in [6.45, 7) is 2.10. The molecule has 1 aromatic carbocycles. The van der Waals surface area contributed by atoms with Crippen LogP contribution in [0.2, 0.25) is 0 Å². The first kappa shape index (κ1) is 18.6. The Labute approximate surface area is 178 Å². The largest absolute Gasteiger partial charge is 0.277 e. The van der Waals surface area contributed by atoms with Gasteiger partial charge in [-0.1, -0.05) is 61.9 Å². The zero-order chi connectivity index (χ0) is 20.3. The van der Waals surface area contributed by atoms with Crippen molar-refractivity contribution in [3.8, 4) is 11.4 Å². The van der Waals surface area contributed by atoms with E-state index in [2.05, 4.69) is 40.8 Å². The predicted octanol–water partition coefficient (Wildman–Crippen LogP) is 5.23. The van der Waals surface area contributed by atoms with Gasteiger partial charge in [-0.25, -0.2) is 4.68 Å². The van der Waals surface area contributed by atoms with Crippen molar-refractivity contribution >= 4 is 11.9 Å². The van der Waals surface area contributed by atoms with E-state index in [9.17, 15) is 4.79 Å². The second-order valence-electron chi connectivity index (χ2n) is 10.1. The van der Waals surface area contributed by atoms with Gasteiger partial charge in [0.05, 0.1) is 5.54 Å². The Morgan fingerprint density at radius 3 is 2.43 bits per heavy atom. The lowest BCUT2D eigenvalue weighted by atomic mass is 9.64. The van der Waals surface area contributed by atoms with Crippen LogP contribution in [0, 0.1) is 18.8 Å². The molecule has 2 atom stereocenters. The highest BCUT2D eigenvalue weighted by Gasteiger charge is 2.56. The molecule has 1 amide bonds. The summed E-state index contributed by atoms with van der Waals surface area (Å²) in [5.74, 6) is 2.66. The minimum atomic E-state index is 0.0505. The van der Waals surface area contributed by atoms with Crippen molar-refractivity contribution in [3.63, 3.8) is 0 Å². The second kappa shape index (κ2) is 6.93. The molecule has 0 radical (unpaired) electrons. The molecular formula is C25H32N4O. The number of aromatic nitrogens is 3. The lowest BCUT2D eigenvalue weighted by molar-refractivity contribution is -0.122. The standard InChI is InChI=1S/C25H32N4O/c1-17-9-11-18(12-10-17)22-26-24-28(23(30)19-13-14-19)21-8-4-3-7-20(21)25(29(24)27-22)15-5-2-6-16-25/h9-12,19-21H,2-8,13-16H2,1H3. The van der Waals surface area contributed by atoms with Gasteiger partial charge in [0, 0.05) is 23.4 Å². The molecule has 2 aromatic rings. The van der Waals surface area contributed by atoms with Crippen molar-refractivity contribution in [2.75, 3.05) is 4.90 Å². The Hall–Kier alpha value is -2.17. The Morgan fingerprint density at radius 2 is 1.70 bits per heavy atom. The predicted molar refractivity (Wildman–Crippen MR) is 117 cm³/mol. The molecule has 4 aliphatic rings. The van der Waals surface area contributed by atoms with Crippen LogP contribution in [-0.2, 0) is 10.3 Å². The fraction of sp³-hybridized carbons (Fsp3) is 0.640. The van der Waals surface area contributed by atoms with Gasteiger partial charge in [-0.3, -0.25) is 9.69 Å². The summed E-state index contributed by atoms with van der Waals surface area (Å²) < 4.78 is 2.24. The highest BCUT2D eigenvalue weighted by atomic mass is 16.2. The van der Waals surface area contributed by atoms with Crippen LogP contribution >= 0.6 is 0 Å². The molecule has 30 heavy (non-hydrogen) atoms. The number of nitrogens with zero attached hydrogens (tertiary/aromatic N) is 4. The molecule has 1 spiro atoms. The van der Waals surface area contributed by atoms with Gasteiger partial charge >= 0.3 is 0 Å². The molecule has 3 aliphatic carbocycles. The Balaban J connectivity index is 1.53. The first-order chi connectivity index (χ1) is 14.7. The fourth-order valence-electron chi connectivity index (χ4n) is 6.47. The van der Waals surface area contributed by atoms with Crippen LogP contribution in [0.3, 0.4) is 0 Å². The minimum absolute atomic E-state index is 0.0505. The quantitative estimate of drug-likeness (QED) is 0.689. The highest BCUT2D eigenvalue weighted by molar-refractivity contribution is 5.96. The fourth-order valence-corrected chi connectivity index (χ4v) is 6.47. The van der Waals surface area contributed by atoms with Gasteiger partial charge in [-0.2, -0.15) is 4.98 Å². The van der Waals surface area contributed by atoms with Gasteiger partial charge in [0.15, 0.2) is 5.82 Å². The molecule has 5 heteroatoms. The zero-order valence-corrected chi connectivity index (χ0v) is 18.0. The molecule has 3 saturated carbocycles. The van der Waals surface area contributed by atoms with E-state index in [0.29, 0.717) is 17.9 Å². The number of amides is 1. The van der Waals surface area contributed by atoms with Gasteiger partial charge < -0.3 is 0 Å². The van der Waals surface area contributed by atoms with E-state index < -0.39 is 0 Å². The van der Waals surface area contributed by atoms with Crippen LogP contribution in [0.15, 0.2) is 24.3 Å². The van der Waals surface area contributed by atoms with Gasteiger partial charge in [-0.15, -0.1) is 5.10 Å². The molecule has 6 rings (SSSR count). The van der Waals surface area contributed by atoms with Crippen molar-refractivity contribution in [1.29, 1.82) is 0 Å². The van der Waals surface area contributed by atoms with Crippen molar-refractivity contribution in [3.05, 3.63) is 29.8 Å². The van der Waals surface area contributed by atoms with Crippen LogP contribution in [-0.4, -0.2) is 26.7 Å². The van der Waals surface area contributed by atoms with E-state index >= 15 is 0 Å². The van der Waals surface area contributed by atoms with Gasteiger partial charge in [0.25, 0.3) is 0 Å². The molecule has 0 saturated heterocycles. The van der Waals surface area contributed by atoms with Gasteiger partial charge in [0.1, 0.15) is 0 Å². The van der Waals surface area contributed by atoms with Crippen LogP contribution in [0.25, 0.3) is 11.4 Å². The second-order valence-corrected chi connectivity index (χ2v) is 10.1. The average Bonchev–Trinajstić information content (AvgIpc) is 3.54. The number of anilines is 1. The first-order valence-electron chi connectivity index (χ1n) is 12.0. The lowest BCUT2D eigenvalue weighted by Gasteiger charge is -2.55. The third-order valence-electron chi connectivity index (χ3n) is 8.17. The monoisotopic (exact) mass is 404 g/mol. The minimum Gasteiger partial charge on any atom is -0.277 e. The smallest absolute Gasteiger partial charge is 0.232 e. The molecule has 158 valence electrons. The van der Waals surface area contributed by atoms with Crippen molar-refractivity contribution < 1.29 is 4.79 Å². The molecule has 1 aliphatic heterocycles. The number of fused-ring (bicyclic) bond motifs is 4. The molecule has 3 fully saturated rings. The normalized spacial score (nSPS) is 27.6. The van der Waals surface area contributed by atoms with E-state index in [-0.39, 0.29) is 11.5 Å². The van der Waals surface area contributed by atoms with E-state index in [4.69, 9.17) is 10.1 Å². The van der Waals surface area contributed by atoms with Crippen LogP contribution in [0.5, 0.6) is 0 Å². The number of hydrogen-bond donors (Lipinski definition) is 0. The molecular weight excluding hydrogens is 372 g/mol. The SMILES string of the molecule is Cc1ccc(-c2nc3n(n2)C2(CCCCC2)C2CCCCC2N3C(=O)C2CC2)cc1. The molecule has 1 aromatic heterocycles. The summed E-state index contributed by atoms with van der Waals surface area (Å²) in [4.78, 5) is 20.7. The maximum absolute atomic E-state index is 13.5. The van der Waals surface area contributed by atoms with Gasteiger partial charge in [0.2, 0.25) is 11.9 Å². The average molecular weight is 405 g/mol. The van der Waals surface area contributed by atoms with Crippen molar-refractivity contribution in [1.82, 2.24) is 14.8 Å². The number of benzene rings is 1. The first-order valence-corrected chi connectivity index (χ1v) is 12.0. The third-order valence-corrected chi connectivity index (χ3v) is 8.17. The summed E-state index contributed by atoms with van der Waals surface area (Å²) in [5, 5.41) is 5.14. The number of carbonyl (C=O) groups excluding carboxylic acids is 1. The number of rotatable bonds is 2. The molecule has 2 heterocycles. The van der Waals surface area contributed by atoms with E-state index in [1.807, 2.05) is 0 Å². The number of hydrogen-bond acceptors (Lipinski definition) is 3. The Morgan fingerprint density at radius 1 is 0.967 bits per heavy atom. The zero-order valence-electron chi connectivity index (χ0n) is 18.0. The van der Waals surface area contributed by atoms with E-state index in [1.165, 1.54) is 56.9 Å². The Kier molecular flexibility index (Phi) is 4.29. The molecule has 5 nitrogen and oxygen atoms in total. The summed E-state index contributed by atoms with van der Waals surface area (Å²) in [6.07, 6.45) is 13.1. The van der Waals surface area contributed by atoms with Gasteiger partial charge in [-0.05, 0) is 45.4 Å². The summed E-state index contributed by atoms with van der Waals surface area (Å²) in [6, 6.07) is 8.79. The molecule has 0 N–H and O–H groups in total. The Bertz CT molecular complexity index is 952. The number of aryl methyl sites for hydroxylation is 1. The summed E-state index contributed by atoms with van der Waals surface area (Å²) in [7, 11) is 0. The van der Waals surface area contributed by atoms with Crippen LogP contribution in [0.4, 0.5) is 5.95 Å². The molecule has 0 bridgehead atoms. The lowest BCUT2D eigenvalue weighted by Crippen LogP contribution is -2.61. The van der Waals surface area contributed by atoms with Crippen molar-refractivity contribution in [2.24, 2.45) is 11.8 Å². The topological polar surface area (TPSA) is 51.0 Å². The summed E-state index contributed by atoms with van der Waals surface area (Å²) in [5.41, 5.74) is 2.34. The van der Waals surface area contributed by atoms with E-state index in [0.717, 1.165) is 36.6 Å². The maximum Gasteiger partial charge on any atom is 0.232 e. The molecule has 2 unspecified atom stereocenters. The summed E-state index contributed by atoms with van der Waals surface area (Å²) >= 11 is 0. The van der Waals surface area contributed by atoms with Crippen LogP contribution in [0.1, 0.15) is 76.2 Å². The van der Waals surface area contributed by atoms with Crippen molar-refractivity contribution in [2.45, 2.75) is 89.1 Å². The highest BCUT2D eigenvalue weighted by Crippen LogP contribution is 2.53. The van der Waals surface area contributed by atoms with E-state index in [1.54, 1.807) is 0 Å². The number of carbonyl (C=O) groups is 1. The third kappa shape index (κ3) is 2.77. The van der Waals surface area contributed by atoms with Crippen LogP contribution < -0.4 is 4.90 Å².